The van der Waals surface area contributed by atoms with Gasteiger partial charge >= 0.3 is 0 Å². The maximum absolute atomic E-state index is 11.9. The largest absolute Gasteiger partial charge is 0.352 e. The van der Waals surface area contributed by atoms with Gasteiger partial charge in [-0.3, -0.25) is 4.79 Å². The third kappa shape index (κ3) is 4.62. The van der Waals surface area contributed by atoms with Crippen molar-refractivity contribution >= 4 is 21.8 Å². The van der Waals surface area contributed by atoms with Crippen molar-refractivity contribution in [2.75, 3.05) is 6.54 Å². The first kappa shape index (κ1) is 13.8. The summed E-state index contributed by atoms with van der Waals surface area (Å²) in [4.78, 5) is 11.9. The first-order chi connectivity index (χ1) is 8.15. The molecule has 1 rings (SSSR count). The van der Waals surface area contributed by atoms with Crippen LogP contribution >= 0.6 is 15.9 Å². The molecule has 1 aromatic carbocycles. The fraction of sp³-hybridized carbons (Fsp3) is 0.357. The van der Waals surface area contributed by atoms with Crippen LogP contribution in [0.15, 0.2) is 22.7 Å². The number of carbonyl (C=O) groups excluding carboxylic acids is 1. The van der Waals surface area contributed by atoms with Crippen molar-refractivity contribution in [2.24, 2.45) is 0 Å². The summed E-state index contributed by atoms with van der Waals surface area (Å²) in [6, 6.07) is 5.70. The Kier molecular flexibility index (Phi) is 5.79. The number of hydrogen-bond acceptors (Lipinski definition) is 1. The van der Waals surface area contributed by atoms with E-state index in [1.165, 1.54) is 0 Å². The predicted octanol–water partition coefficient (Wildman–Crippen LogP) is 3.29. The van der Waals surface area contributed by atoms with E-state index in [0.717, 1.165) is 34.9 Å². The molecule has 0 unspecified atom stereocenters. The molecule has 2 nitrogen and oxygen atoms in total. The second kappa shape index (κ2) is 7.13. The van der Waals surface area contributed by atoms with E-state index in [4.69, 9.17) is 6.42 Å². The number of halogens is 1. The Morgan fingerprint density at radius 3 is 2.94 bits per heavy atom. The van der Waals surface area contributed by atoms with Crippen molar-refractivity contribution < 1.29 is 4.79 Å². The van der Waals surface area contributed by atoms with Gasteiger partial charge < -0.3 is 5.32 Å². The zero-order chi connectivity index (χ0) is 12.7. The quantitative estimate of drug-likeness (QED) is 0.655. The third-order valence-electron chi connectivity index (χ3n) is 2.48. The minimum atomic E-state index is -0.0236. The molecule has 90 valence electrons. The van der Waals surface area contributed by atoms with Crippen LogP contribution in [0, 0.1) is 19.3 Å². The van der Waals surface area contributed by atoms with Gasteiger partial charge in [-0.25, -0.2) is 0 Å². The zero-order valence-electron chi connectivity index (χ0n) is 9.92. The monoisotopic (exact) mass is 293 g/mol. The number of unbranched alkanes of at least 4 members (excludes halogenated alkanes) is 2. The Balaban J connectivity index is 2.47. The molecule has 0 aliphatic rings. The van der Waals surface area contributed by atoms with E-state index < -0.39 is 0 Å². The van der Waals surface area contributed by atoms with Gasteiger partial charge in [-0.15, -0.1) is 12.3 Å². The molecule has 0 saturated carbocycles. The van der Waals surface area contributed by atoms with Crippen LogP contribution in [-0.4, -0.2) is 12.5 Å². The van der Waals surface area contributed by atoms with Gasteiger partial charge in [0.2, 0.25) is 0 Å². The van der Waals surface area contributed by atoms with Crippen LogP contribution in [-0.2, 0) is 0 Å². The Morgan fingerprint density at radius 2 is 2.24 bits per heavy atom. The molecule has 0 aromatic heterocycles. The first-order valence-electron chi connectivity index (χ1n) is 5.63. The van der Waals surface area contributed by atoms with Gasteiger partial charge in [0.25, 0.3) is 5.91 Å². The molecule has 1 amide bonds. The number of carbonyl (C=O) groups is 1. The number of nitrogens with one attached hydrogen (secondary N) is 1. The van der Waals surface area contributed by atoms with Gasteiger partial charge in [0.1, 0.15) is 0 Å². The fourth-order valence-electron chi connectivity index (χ4n) is 1.49. The van der Waals surface area contributed by atoms with Crippen molar-refractivity contribution in [1.29, 1.82) is 0 Å². The standard InChI is InChI=1S/C14H16BrNO/c1-3-4-5-6-9-16-14(17)13-10-12(15)8-7-11(13)2/h1,7-8,10H,4-6,9H2,2H3,(H,16,17). The van der Waals surface area contributed by atoms with E-state index in [9.17, 15) is 4.79 Å². The van der Waals surface area contributed by atoms with Crippen LogP contribution < -0.4 is 5.32 Å². The van der Waals surface area contributed by atoms with Gasteiger partial charge in [0.05, 0.1) is 0 Å². The summed E-state index contributed by atoms with van der Waals surface area (Å²) in [5.74, 6) is 2.56. The SMILES string of the molecule is C#CCCCCNC(=O)c1cc(Br)ccc1C. The second-order valence-electron chi connectivity index (χ2n) is 3.88. The number of benzene rings is 1. The van der Waals surface area contributed by atoms with E-state index in [0.29, 0.717) is 6.54 Å². The Labute approximate surface area is 111 Å². The van der Waals surface area contributed by atoms with Crippen molar-refractivity contribution in [3.05, 3.63) is 33.8 Å². The smallest absolute Gasteiger partial charge is 0.251 e. The van der Waals surface area contributed by atoms with Crippen LogP contribution in [0.1, 0.15) is 35.2 Å². The summed E-state index contributed by atoms with van der Waals surface area (Å²) < 4.78 is 0.917. The fourth-order valence-corrected chi connectivity index (χ4v) is 1.85. The maximum atomic E-state index is 11.9. The lowest BCUT2D eigenvalue weighted by Gasteiger charge is -2.07. The first-order valence-corrected chi connectivity index (χ1v) is 6.42. The number of aryl methyl sites for hydroxylation is 1. The molecule has 0 radical (unpaired) electrons. The summed E-state index contributed by atoms with van der Waals surface area (Å²) in [7, 11) is 0. The molecule has 0 bridgehead atoms. The lowest BCUT2D eigenvalue weighted by molar-refractivity contribution is 0.0952. The van der Waals surface area contributed by atoms with Crippen LogP contribution in [0.5, 0.6) is 0 Å². The van der Waals surface area contributed by atoms with E-state index in [2.05, 4.69) is 27.2 Å². The highest BCUT2D eigenvalue weighted by atomic mass is 79.9. The minimum Gasteiger partial charge on any atom is -0.352 e. The van der Waals surface area contributed by atoms with Gasteiger partial charge in [-0.1, -0.05) is 22.0 Å². The lowest BCUT2D eigenvalue weighted by atomic mass is 10.1. The maximum Gasteiger partial charge on any atom is 0.251 e. The Morgan fingerprint density at radius 1 is 1.47 bits per heavy atom. The number of rotatable bonds is 5. The summed E-state index contributed by atoms with van der Waals surface area (Å²) in [6.45, 7) is 2.60. The molecule has 0 fully saturated rings. The molecule has 0 aliphatic carbocycles. The van der Waals surface area contributed by atoms with E-state index in [-0.39, 0.29) is 5.91 Å². The molecule has 17 heavy (non-hydrogen) atoms. The Bertz CT molecular complexity index is 434. The van der Waals surface area contributed by atoms with Crippen molar-refractivity contribution in [3.63, 3.8) is 0 Å². The number of amides is 1. The lowest BCUT2D eigenvalue weighted by Crippen LogP contribution is -2.25. The van der Waals surface area contributed by atoms with Crippen molar-refractivity contribution in [2.45, 2.75) is 26.2 Å². The van der Waals surface area contributed by atoms with Crippen molar-refractivity contribution in [1.82, 2.24) is 5.32 Å². The molecule has 1 N–H and O–H groups in total. The molecule has 0 saturated heterocycles. The molecule has 3 heteroatoms. The normalized spacial score (nSPS) is 9.71. The molecule has 0 aliphatic heterocycles. The second-order valence-corrected chi connectivity index (χ2v) is 4.79. The van der Waals surface area contributed by atoms with E-state index in [1.54, 1.807) is 0 Å². The highest BCUT2D eigenvalue weighted by Gasteiger charge is 2.08. The van der Waals surface area contributed by atoms with Gasteiger partial charge in [0.15, 0.2) is 0 Å². The predicted molar refractivity (Wildman–Crippen MR) is 73.9 cm³/mol. The molecular formula is C14H16BrNO. The van der Waals surface area contributed by atoms with Crippen LogP contribution in [0.2, 0.25) is 0 Å². The highest BCUT2D eigenvalue weighted by Crippen LogP contribution is 2.15. The average Bonchev–Trinajstić information content (AvgIpc) is 2.32. The van der Waals surface area contributed by atoms with E-state index >= 15 is 0 Å². The molecule has 0 spiro atoms. The molecule has 0 heterocycles. The number of hydrogen-bond donors (Lipinski definition) is 1. The molecule has 0 atom stereocenters. The number of terminal acetylenes is 1. The van der Waals surface area contributed by atoms with Crippen molar-refractivity contribution in [3.8, 4) is 12.3 Å². The summed E-state index contributed by atoms with van der Waals surface area (Å²) in [5, 5.41) is 2.90. The third-order valence-corrected chi connectivity index (χ3v) is 2.97. The van der Waals surface area contributed by atoms with Crippen LogP contribution in [0.25, 0.3) is 0 Å². The zero-order valence-corrected chi connectivity index (χ0v) is 11.5. The highest BCUT2D eigenvalue weighted by molar-refractivity contribution is 9.10. The van der Waals surface area contributed by atoms with Gasteiger partial charge in [-0.2, -0.15) is 0 Å². The van der Waals surface area contributed by atoms with Crippen LogP contribution in [0.3, 0.4) is 0 Å². The minimum absolute atomic E-state index is 0.0236. The average molecular weight is 294 g/mol. The van der Waals surface area contributed by atoms with Crippen LogP contribution in [0.4, 0.5) is 0 Å². The Hall–Kier alpha value is -1.27. The topological polar surface area (TPSA) is 29.1 Å². The van der Waals surface area contributed by atoms with Gasteiger partial charge in [-0.05, 0) is 37.5 Å². The summed E-state index contributed by atoms with van der Waals surface area (Å²) in [5.41, 5.74) is 1.70. The molecule has 1 aromatic rings. The summed E-state index contributed by atoms with van der Waals surface area (Å²) >= 11 is 3.36. The summed E-state index contributed by atoms with van der Waals surface area (Å²) in [6.07, 6.45) is 7.80. The van der Waals surface area contributed by atoms with Gasteiger partial charge in [0, 0.05) is 23.0 Å². The molecular weight excluding hydrogens is 278 g/mol. The van der Waals surface area contributed by atoms with E-state index in [1.807, 2.05) is 25.1 Å².